The molecule has 0 bridgehead atoms. The lowest BCUT2D eigenvalue weighted by molar-refractivity contribution is -0.119. The number of nitrogens with zero attached hydrogens (tertiary/aromatic N) is 2. The van der Waals surface area contributed by atoms with Gasteiger partial charge in [-0.25, -0.2) is 9.78 Å². The first-order valence-corrected chi connectivity index (χ1v) is 11.4. The van der Waals surface area contributed by atoms with Crippen LogP contribution in [0.3, 0.4) is 0 Å². The largest absolute Gasteiger partial charge is 0.351 e. The number of carbonyl (C=O) groups excluding carboxylic acids is 2. The molecule has 0 unspecified atom stereocenters. The molecule has 30 heavy (non-hydrogen) atoms. The molecule has 0 saturated heterocycles. The van der Waals surface area contributed by atoms with Crippen LogP contribution in [0.5, 0.6) is 0 Å². The highest BCUT2D eigenvalue weighted by atomic mass is 32.2. The summed E-state index contributed by atoms with van der Waals surface area (Å²) in [6.07, 6.45) is 2.90. The van der Waals surface area contributed by atoms with Gasteiger partial charge in [-0.15, -0.1) is 11.3 Å². The lowest BCUT2D eigenvalue weighted by atomic mass is 9.89. The second-order valence-corrected chi connectivity index (χ2v) is 9.91. The van der Waals surface area contributed by atoms with E-state index in [0.29, 0.717) is 27.0 Å². The van der Waals surface area contributed by atoms with Crippen molar-refractivity contribution in [3.63, 3.8) is 0 Å². The van der Waals surface area contributed by atoms with Gasteiger partial charge < -0.3 is 5.73 Å². The number of aryl methyl sites for hydroxylation is 1. The van der Waals surface area contributed by atoms with Crippen LogP contribution in [0, 0.1) is 5.92 Å². The van der Waals surface area contributed by atoms with Crippen molar-refractivity contribution in [2.45, 2.75) is 43.5 Å². The molecule has 7 nitrogen and oxygen atoms in total. The lowest BCUT2D eigenvalue weighted by Gasteiger charge is -2.18. The topological polar surface area (TPSA) is 107 Å². The monoisotopic (exact) mass is 442 g/mol. The van der Waals surface area contributed by atoms with Crippen LogP contribution in [0.1, 0.15) is 30.7 Å². The van der Waals surface area contributed by atoms with E-state index in [-0.39, 0.29) is 5.56 Å². The number of para-hydroxylation sites is 1. The van der Waals surface area contributed by atoms with Crippen LogP contribution in [0.25, 0.3) is 15.9 Å². The summed E-state index contributed by atoms with van der Waals surface area (Å²) in [4.78, 5) is 43.6. The predicted molar refractivity (Wildman–Crippen MR) is 119 cm³/mol. The first kappa shape index (κ1) is 20.6. The number of fused-ring (bicyclic) bond motifs is 3. The van der Waals surface area contributed by atoms with Crippen LogP contribution in [-0.4, -0.2) is 26.7 Å². The fourth-order valence-corrected chi connectivity index (χ4v) is 6.04. The van der Waals surface area contributed by atoms with Crippen molar-refractivity contribution in [3.8, 4) is 5.69 Å². The molecule has 1 aliphatic carbocycles. The van der Waals surface area contributed by atoms with Crippen molar-refractivity contribution in [2.75, 3.05) is 0 Å². The van der Waals surface area contributed by atoms with Gasteiger partial charge in [-0.2, -0.15) is 0 Å². The average Bonchev–Trinajstić information content (AvgIpc) is 3.05. The van der Waals surface area contributed by atoms with Gasteiger partial charge in [0.25, 0.3) is 5.56 Å². The summed E-state index contributed by atoms with van der Waals surface area (Å²) in [5.74, 6) is 0.0639. The van der Waals surface area contributed by atoms with E-state index in [1.54, 1.807) is 22.8 Å². The van der Waals surface area contributed by atoms with Gasteiger partial charge in [-0.3, -0.25) is 19.5 Å². The molecule has 9 heteroatoms. The van der Waals surface area contributed by atoms with E-state index < -0.39 is 17.2 Å². The fourth-order valence-electron chi connectivity index (χ4n) is 3.69. The summed E-state index contributed by atoms with van der Waals surface area (Å²) < 4.78 is 1.56. The Morgan fingerprint density at radius 1 is 1.33 bits per heavy atom. The van der Waals surface area contributed by atoms with Crippen LogP contribution >= 0.6 is 23.1 Å². The number of nitrogens with two attached hydrogens (primary N) is 1. The summed E-state index contributed by atoms with van der Waals surface area (Å²) in [5, 5.41) is 2.52. The zero-order valence-corrected chi connectivity index (χ0v) is 18.3. The Hall–Kier alpha value is -2.65. The summed E-state index contributed by atoms with van der Waals surface area (Å²) in [5.41, 5.74) is 6.74. The maximum Gasteiger partial charge on any atom is 0.318 e. The molecule has 3 aromatic rings. The minimum absolute atomic E-state index is 0.122. The highest BCUT2D eigenvalue weighted by Gasteiger charge is 2.26. The van der Waals surface area contributed by atoms with Gasteiger partial charge in [0.1, 0.15) is 4.83 Å². The molecule has 2 aromatic heterocycles. The second-order valence-electron chi connectivity index (χ2n) is 7.52. The number of benzene rings is 1. The Labute approximate surface area is 181 Å². The Bertz CT molecular complexity index is 1190. The normalized spacial score (nSPS) is 16.8. The third-order valence-corrected chi connectivity index (χ3v) is 7.41. The Kier molecular flexibility index (Phi) is 5.66. The number of hydrogen-bond donors (Lipinski definition) is 2. The third-order valence-electron chi connectivity index (χ3n) is 5.21. The molecule has 2 heterocycles. The van der Waals surface area contributed by atoms with E-state index in [0.717, 1.165) is 36.6 Å². The quantitative estimate of drug-likeness (QED) is 0.476. The third kappa shape index (κ3) is 3.87. The average molecular weight is 443 g/mol. The molecule has 3 N–H and O–H groups in total. The minimum atomic E-state index is -0.906. The number of imide groups is 1. The fraction of sp³-hybridized carbons (Fsp3) is 0.333. The second kappa shape index (κ2) is 8.23. The number of aromatic nitrogens is 2. The molecule has 0 aliphatic heterocycles. The van der Waals surface area contributed by atoms with E-state index in [1.165, 1.54) is 4.88 Å². The van der Waals surface area contributed by atoms with Crippen molar-refractivity contribution < 1.29 is 9.59 Å². The van der Waals surface area contributed by atoms with Crippen LogP contribution in [-0.2, 0) is 17.6 Å². The molecule has 156 valence electrons. The van der Waals surface area contributed by atoms with Crippen LogP contribution in [0.15, 0.2) is 40.3 Å². The van der Waals surface area contributed by atoms with E-state index >= 15 is 0 Å². The highest BCUT2D eigenvalue weighted by molar-refractivity contribution is 8.00. The molecular weight excluding hydrogens is 420 g/mol. The van der Waals surface area contributed by atoms with Crippen molar-refractivity contribution in [1.29, 1.82) is 0 Å². The van der Waals surface area contributed by atoms with Gasteiger partial charge in [0.2, 0.25) is 5.91 Å². The molecule has 1 aromatic carbocycles. The number of urea groups is 1. The highest BCUT2D eigenvalue weighted by Crippen LogP contribution is 2.37. The summed E-state index contributed by atoms with van der Waals surface area (Å²) >= 11 is 2.70. The first-order chi connectivity index (χ1) is 14.3. The Morgan fingerprint density at radius 2 is 2.07 bits per heavy atom. The van der Waals surface area contributed by atoms with Crippen molar-refractivity contribution in [2.24, 2.45) is 11.7 Å². The Morgan fingerprint density at radius 3 is 2.77 bits per heavy atom. The van der Waals surface area contributed by atoms with Crippen molar-refractivity contribution in [1.82, 2.24) is 14.9 Å². The Balaban J connectivity index is 1.87. The summed E-state index contributed by atoms with van der Waals surface area (Å²) in [6, 6.07) is 8.37. The molecule has 2 atom stereocenters. The van der Waals surface area contributed by atoms with Gasteiger partial charge in [0.05, 0.1) is 16.3 Å². The number of thiophene rings is 1. The van der Waals surface area contributed by atoms with E-state index in [9.17, 15) is 14.4 Å². The van der Waals surface area contributed by atoms with Crippen molar-refractivity contribution in [3.05, 3.63) is 51.1 Å². The van der Waals surface area contributed by atoms with Gasteiger partial charge in [-0.05, 0) is 49.8 Å². The van der Waals surface area contributed by atoms with E-state index in [4.69, 9.17) is 10.7 Å². The van der Waals surface area contributed by atoms with Gasteiger partial charge >= 0.3 is 6.03 Å². The SMILES string of the molecule is C[C@@H]1CCc2c(sc3nc(S[C@@H](C)C(=O)NC(N)=O)n(-c4ccccc4)c(=O)c23)C1. The molecule has 0 spiro atoms. The first-order valence-electron chi connectivity index (χ1n) is 9.74. The van der Waals surface area contributed by atoms with Crippen LogP contribution in [0.2, 0.25) is 0 Å². The lowest BCUT2D eigenvalue weighted by Crippen LogP contribution is -2.39. The van der Waals surface area contributed by atoms with E-state index in [1.807, 2.05) is 30.3 Å². The van der Waals surface area contributed by atoms with Gasteiger partial charge in [-0.1, -0.05) is 36.9 Å². The number of carbonyl (C=O) groups is 2. The van der Waals surface area contributed by atoms with Gasteiger partial charge in [0, 0.05) is 4.88 Å². The van der Waals surface area contributed by atoms with E-state index in [2.05, 4.69) is 12.2 Å². The number of primary amides is 1. The molecule has 0 saturated carbocycles. The number of nitrogens with one attached hydrogen (secondary N) is 1. The molecule has 1 aliphatic rings. The standard InChI is InChI=1S/C21H22N4O3S2/c1-11-8-9-14-15(10-11)30-18-16(14)19(27)25(13-6-4-3-5-7-13)21(24-18)29-12(2)17(26)23-20(22)28/h3-7,11-12H,8-10H2,1-2H3,(H3,22,23,26,28)/t11-,12+/m1/s1. The maximum atomic E-state index is 13.6. The molecule has 3 amide bonds. The molecule has 0 radical (unpaired) electrons. The predicted octanol–water partition coefficient (Wildman–Crippen LogP) is 3.25. The van der Waals surface area contributed by atoms with Crippen LogP contribution in [0.4, 0.5) is 4.79 Å². The maximum absolute atomic E-state index is 13.6. The smallest absolute Gasteiger partial charge is 0.318 e. The minimum Gasteiger partial charge on any atom is -0.351 e. The summed E-state index contributed by atoms with van der Waals surface area (Å²) in [7, 11) is 0. The van der Waals surface area contributed by atoms with Crippen molar-refractivity contribution >= 4 is 45.3 Å². The molecule has 0 fully saturated rings. The van der Waals surface area contributed by atoms with Crippen LogP contribution < -0.4 is 16.6 Å². The zero-order chi connectivity index (χ0) is 21.4. The van der Waals surface area contributed by atoms with Gasteiger partial charge in [0.15, 0.2) is 5.16 Å². The number of thioether (sulfide) groups is 1. The number of hydrogen-bond acceptors (Lipinski definition) is 6. The number of rotatable bonds is 4. The number of amides is 3. The molecular formula is C21H22N4O3S2. The summed E-state index contributed by atoms with van der Waals surface area (Å²) in [6.45, 7) is 3.87. The molecule has 4 rings (SSSR count). The zero-order valence-electron chi connectivity index (χ0n) is 16.7.